The van der Waals surface area contributed by atoms with E-state index in [4.69, 9.17) is 32.0 Å². The number of para-hydroxylation sites is 2. The van der Waals surface area contributed by atoms with Crippen LogP contribution < -0.4 is 9.47 Å². The monoisotopic (exact) mass is 490 g/mol. The summed E-state index contributed by atoms with van der Waals surface area (Å²) in [5, 5.41) is 0. The Morgan fingerprint density at radius 1 is 0.971 bits per heavy atom. The molecule has 11 heteroatoms. The van der Waals surface area contributed by atoms with Crippen LogP contribution in [0.15, 0.2) is 48.7 Å². The van der Waals surface area contributed by atoms with Crippen molar-refractivity contribution in [3.8, 4) is 22.8 Å². The molecule has 0 saturated heterocycles. The number of aromatic nitrogens is 3. The fraction of sp³-hybridized carbons (Fsp3) is 0.348. The molecule has 0 radical (unpaired) electrons. The molecular weight excluding hydrogens is 460 g/mol. The largest absolute Gasteiger partial charge is 0.493 e. The third kappa shape index (κ3) is 5.86. The summed E-state index contributed by atoms with van der Waals surface area (Å²) < 4.78 is 46.9. The predicted octanol–water partition coefficient (Wildman–Crippen LogP) is 3.66. The van der Waals surface area contributed by atoms with Crippen molar-refractivity contribution in [2.45, 2.75) is 20.4 Å². The molecule has 0 unspecified atom stereocenters. The second kappa shape index (κ2) is 10.9. The Kier molecular flexibility index (Phi) is 8.15. The Morgan fingerprint density at radius 3 is 2.18 bits per heavy atom. The van der Waals surface area contributed by atoms with Gasteiger partial charge in [0.25, 0.3) is 0 Å². The van der Waals surface area contributed by atoms with Gasteiger partial charge in [-0.05, 0) is 43.4 Å². The molecule has 34 heavy (non-hydrogen) atoms. The zero-order chi connectivity index (χ0) is 24.9. The summed E-state index contributed by atoms with van der Waals surface area (Å²) in [5.41, 5.74) is 4.30. The minimum absolute atomic E-state index is 0.706. The average molecular weight is 491 g/mol. The molecule has 0 atom stereocenters. The highest BCUT2D eigenvalue weighted by atomic mass is 32.3. The lowest BCUT2D eigenvalue weighted by Gasteiger charge is -2.18. The van der Waals surface area contributed by atoms with Gasteiger partial charge in [-0.2, -0.15) is 8.42 Å². The second-order valence-electron chi connectivity index (χ2n) is 7.48. The highest BCUT2D eigenvalue weighted by Crippen LogP contribution is 2.33. The summed E-state index contributed by atoms with van der Waals surface area (Å²) in [6.07, 6.45) is 2.10. The minimum Gasteiger partial charge on any atom is -0.493 e. The minimum atomic E-state index is -4.67. The first-order valence-electron chi connectivity index (χ1n) is 10.8. The van der Waals surface area contributed by atoms with Crippen LogP contribution in [0.5, 0.6) is 11.5 Å². The van der Waals surface area contributed by atoms with Gasteiger partial charge in [-0.25, -0.2) is 4.98 Å². The van der Waals surface area contributed by atoms with E-state index in [0.29, 0.717) is 11.5 Å². The number of rotatable bonds is 8. The molecule has 2 heterocycles. The quantitative estimate of drug-likeness (QED) is 0.359. The molecule has 0 spiro atoms. The number of hydrogen-bond donors (Lipinski definition) is 2. The van der Waals surface area contributed by atoms with Gasteiger partial charge in [-0.1, -0.05) is 26.0 Å². The molecule has 0 fully saturated rings. The highest BCUT2D eigenvalue weighted by Gasteiger charge is 2.16. The molecule has 0 aliphatic carbocycles. The number of ether oxygens (including phenoxy) is 2. The van der Waals surface area contributed by atoms with Crippen LogP contribution in [0.4, 0.5) is 0 Å². The molecule has 0 bridgehead atoms. The van der Waals surface area contributed by atoms with Gasteiger partial charge in [-0.15, -0.1) is 0 Å². The first kappa shape index (κ1) is 25.5. The zero-order valence-corrected chi connectivity index (χ0v) is 20.5. The number of benzene rings is 2. The van der Waals surface area contributed by atoms with E-state index in [0.717, 1.165) is 43.2 Å². The SMILES string of the molecule is CCN(CC)CCn1c2ccccc2n2cc(-c3ccc(OC)c(OC)c3)nc12.O=S(=O)(O)O. The molecule has 0 amide bonds. The lowest BCUT2D eigenvalue weighted by Crippen LogP contribution is -2.27. The van der Waals surface area contributed by atoms with Crippen LogP contribution in [0.2, 0.25) is 0 Å². The number of hydrogen-bond acceptors (Lipinski definition) is 6. The molecule has 0 aliphatic heterocycles. The van der Waals surface area contributed by atoms with Gasteiger partial charge in [0.2, 0.25) is 5.78 Å². The second-order valence-corrected chi connectivity index (χ2v) is 8.38. The standard InChI is InChI=1S/C23H28N4O2.H2O4S/c1-5-25(6-2)13-14-26-19-9-7-8-10-20(19)27-16-18(24-23(26)27)17-11-12-21(28-3)22(15-17)29-4;1-5(2,3)4/h7-12,15-16H,5-6,13-14H2,1-4H3;(H2,1,2,3,4). The molecule has 2 aromatic heterocycles. The molecule has 10 nitrogen and oxygen atoms in total. The molecule has 0 aliphatic rings. The van der Waals surface area contributed by atoms with Crippen molar-refractivity contribution >= 4 is 27.2 Å². The van der Waals surface area contributed by atoms with E-state index < -0.39 is 10.4 Å². The smallest absolute Gasteiger partial charge is 0.394 e. The van der Waals surface area contributed by atoms with Crippen molar-refractivity contribution in [3.63, 3.8) is 0 Å². The predicted molar refractivity (Wildman–Crippen MR) is 131 cm³/mol. The van der Waals surface area contributed by atoms with Crippen molar-refractivity contribution in [1.29, 1.82) is 0 Å². The molecule has 2 N–H and O–H groups in total. The van der Waals surface area contributed by atoms with E-state index in [2.05, 4.69) is 58.2 Å². The molecule has 0 saturated carbocycles. The van der Waals surface area contributed by atoms with Crippen molar-refractivity contribution in [3.05, 3.63) is 48.7 Å². The van der Waals surface area contributed by atoms with Crippen molar-refractivity contribution in [2.24, 2.45) is 0 Å². The Balaban J connectivity index is 0.000000588. The third-order valence-corrected chi connectivity index (χ3v) is 5.57. The van der Waals surface area contributed by atoms with Crippen molar-refractivity contribution in [2.75, 3.05) is 33.9 Å². The number of nitrogens with zero attached hydrogens (tertiary/aromatic N) is 4. The van der Waals surface area contributed by atoms with Crippen LogP contribution >= 0.6 is 0 Å². The van der Waals surface area contributed by atoms with Gasteiger partial charge < -0.3 is 18.9 Å². The van der Waals surface area contributed by atoms with Crippen LogP contribution in [0.1, 0.15) is 13.8 Å². The van der Waals surface area contributed by atoms with Crippen LogP contribution in [0.3, 0.4) is 0 Å². The van der Waals surface area contributed by atoms with Crippen LogP contribution in [-0.4, -0.2) is 70.2 Å². The molecule has 4 rings (SSSR count). The highest BCUT2D eigenvalue weighted by molar-refractivity contribution is 7.79. The normalized spacial score (nSPS) is 11.6. The maximum atomic E-state index is 8.74. The van der Waals surface area contributed by atoms with Crippen LogP contribution in [0, 0.1) is 0 Å². The Labute approximate surface area is 198 Å². The van der Waals surface area contributed by atoms with E-state index in [1.807, 2.05) is 18.2 Å². The summed E-state index contributed by atoms with van der Waals surface area (Å²) in [7, 11) is -1.37. The van der Waals surface area contributed by atoms with Gasteiger partial charge in [0.05, 0.1) is 30.9 Å². The number of imidazole rings is 2. The van der Waals surface area contributed by atoms with Crippen LogP contribution in [-0.2, 0) is 16.9 Å². The zero-order valence-electron chi connectivity index (χ0n) is 19.7. The summed E-state index contributed by atoms with van der Waals surface area (Å²) in [6, 6.07) is 14.4. The van der Waals surface area contributed by atoms with Gasteiger partial charge in [0.15, 0.2) is 11.5 Å². The Bertz CT molecular complexity index is 1350. The lowest BCUT2D eigenvalue weighted by atomic mass is 10.1. The first-order valence-corrected chi connectivity index (χ1v) is 12.2. The van der Waals surface area contributed by atoms with E-state index >= 15 is 0 Å². The average Bonchev–Trinajstić information content (AvgIpc) is 3.36. The number of fused-ring (bicyclic) bond motifs is 3. The van der Waals surface area contributed by atoms with Crippen LogP contribution in [0.25, 0.3) is 28.1 Å². The lowest BCUT2D eigenvalue weighted by molar-refractivity contribution is 0.293. The maximum absolute atomic E-state index is 8.74. The van der Waals surface area contributed by atoms with E-state index in [9.17, 15) is 0 Å². The third-order valence-electron chi connectivity index (χ3n) is 5.57. The van der Waals surface area contributed by atoms with E-state index in [1.165, 1.54) is 11.0 Å². The van der Waals surface area contributed by atoms with E-state index in [1.54, 1.807) is 14.2 Å². The molecule has 2 aromatic carbocycles. The fourth-order valence-electron chi connectivity index (χ4n) is 3.88. The first-order chi connectivity index (χ1) is 16.2. The summed E-state index contributed by atoms with van der Waals surface area (Å²) in [4.78, 5) is 7.43. The molecule has 184 valence electrons. The number of methoxy groups -OCH3 is 2. The maximum Gasteiger partial charge on any atom is 0.394 e. The van der Waals surface area contributed by atoms with Crippen molar-refractivity contribution in [1.82, 2.24) is 18.9 Å². The topological polar surface area (TPSA) is 119 Å². The van der Waals surface area contributed by atoms with Gasteiger partial charge in [0.1, 0.15) is 0 Å². The molecular formula is C23H30N4O6S. The molecule has 4 aromatic rings. The summed E-state index contributed by atoms with van der Waals surface area (Å²) >= 11 is 0. The van der Waals surface area contributed by atoms with Gasteiger partial charge in [0, 0.05) is 24.8 Å². The summed E-state index contributed by atoms with van der Waals surface area (Å²) in [6.45, 7) is 8.42. The summed E-state index contributed by atoms with van der Waals surface area (Å²) in [5.74, 6) is 2.38. The fourth-order valence-corrected chi connectivity index (χ4v) is 3.88. The van der Waals surface area contributed by atoms with Gasteiger partial charge >= 0.3 is 10.4 Å². The Morgan fingerprint density at radius 2 is 1.59 bits per heavy atom. The van der Waals surface area contributed by atoms with E-state index in [-0.39, 0.29) is 0 Å². The number of likely N-dealkylation sites (N-methyl/N-ethyl adjacent to an activating group) is 1. The van der Waals surface area contributed by atoms with Gasteiger partial charge in [-0.3, -0.25) is 13.5 Å². The Hall–Kier alpha value is -3.12. The van der Waals surface area contributed by atoms with Crippen molar-refractivity contribution < 1.29 is 27.0 Å².